The normalized spacial score (nSPS) is 31.5. The van der Waals surface area contributed by atoms with Crippen molar-refractivity contribution in [3.63, 3.8) is 0 Å². The molecular weight excluding hydrogens is 336 g/mol. The van der Waals surface area contributed by atoms with E-state index < -0.39 is 53.4 Å². The van der Waals surface area contributed by atoms with Gasteiger partial charge < -0.3 is 20.7 Å². The Balaban J connectivity index is 2.58. The van der Waals surface area contributed by atoms with Gasteiger partial charge >= 0.3 is 5.69 Å². The number of ether oxygens (including phenoxy) is 1. The first kappa shape index (κ1) is 17.6. The molecule has 2 rings (SSSR count). The van der Waals surface area contributed by atoms with Gasteiger partial charge in [0.15, 0.2) is 22.7 Å². The second-order valence-electron chi connectivity index (χ2n) is 5.01. The van der Waals surface area contributed by atoms with E-state index in [2.05, 4.69) is 10.9 Å². The molecule has 1 aromatic heterocycles. The Bertz CT molecular complexity index is 717. The Hall–Kier alpha value is -1.73. The number of anilines is 1. The van der Waals surface area contributed by atoms with Crippen LogP contribution >= 0.6 is 11.6 Å². The first-order chi connectivity index (χ1) is 10.7. The Morgan fingerprint density at radius 3 is 2.91 bits per heavy atom. The van der Waals surface area contributed by atoms with Gasteiger partial charge in [-0.1, -0.05) is 23.4 Å². The fourth-order valence-corrected chi connectivity index (χ4v) is 2.63. The number of nitrogens with two attached hydrogens (primary N) is 1. The summed E-state index contributed by atoms with van der Waals surface area (Å²) in [4.78, 5) is 13.2. The minimum atomic E-state index is -1.98. The fourth-order valence-electron chi connectivity index (χ4n) is 2.28. The molecular formula is C13H14ClF2N3O4. The van der Waals surface area contributed by atoms with E-state index in [1.165, 1.54) is 6.92 Å². The Morgan fingerprint density at radius 2 is 2.35 bits per heavy atom. The SMILES string of the molecule is C[C@@H](O)[C@H]1O[C@@H](n2cc(F)c(N)nc2=O)[C@@](Cl)(C#CCF)C1O. The molecule has 126 valence electrons. The van der Waals surface area contributed by atoms with E-state index in [0.717, 1.165) is 0 Å². The molecule has 5 atom stereocenters. The number of alkyl halides is 2. The van der Waals surface area contributed by atoms with Crippen LogP contribution in [-0.2, 0) is 4.74 Å². The average molecular weight is 350 g/mol. The topological polar surface area (TPSA) is 111 Å². The van der Waals surface area contributed by atoms with Crippen LogP contribution in [0.2, 0.25) is 0 Å². The molecule has 0 amide bonds. The van der Waals surface area contributed by atoms with Gasteiger partial charge in [0.05, 0.1) is 12.3 Å². The fraction of sp³-hybridized carbons (Fsp3) is 0.538. The summed E-state index contributed by atoms with van der Waals surface area (Å²) < 4.78 is 32.0. The molecule has 1 aromatic rings. The highest BCUT2D eigenvalue weighted by atomic mass is 35.5. The third-order valence-corrected chi connectivity index (χ3v) is 3.90. The van der Waals surface area contributed by atoms with Crippen LogP contribution in [0.25, 0.3) is 0 Å². The zero-order valence-corrected chi connectivity index (χ0v) is 12.7. The van der Waals surface area contributed by atoms with Crippen LogP contribution < -0.4 is 11.4 Å². The van der Waals surface area contributed by atoms with E-state index in [4.69, 9.17) is 22.1 Å². The molecule has 1 fully saturated rings. The first-order valence-corrected chi connectivity index (χ1v) is 6.90. The predicted octanol–water partition coefficient (Wildman–Crippen LogP) is -0.446. The van der Waals surface area contributed by atoms with E-state index in [9.17, 15) is 23.8 Å². The summed E-state index contributed by atoms with van der Waals surface area (Å²) in [6.45, 7) is 0.261. The van der Waals surface area contributed by atoms with E-state index in [1.807, 2.05) is 5.92 Å². The van der Waals surface area contributed by atoms with Crippen molar-refractivity contribution in [3.8, 4) is 11.8 Å². The van der Waals surface area contributed by atoms with Gasteiger partial charge in [-0.2, -0.15) is 4.98 Å². The van der Waals surface area contributed by atoms with E-state index in [0.29, 0.717) is 10.8 Å². The van der Waals surface area contributed by atoms with Crippen molar-refractivity contribution in [1.29, 1.82) is 0 Å². The van der Waals surface area contributed by atoms with Gasteiger partial charge in [-0.25, -0.2) is 13.6 Å². The highest BCUT2D eigenvalue weighted by Gasteiger charge is 2.57. The van der Waals surface area contributed by atoms with E-state index in [-0.39, 0.29) is 0 Å². The quantitative estimate of drug-likeness (QED) is 0.493. The number of aliphatic hydroxyl groups excluding tert-OH is 2. The number of hydrogen-bond acceptors (Lipinski definition) is 6. The van der Waals surface area contributed by atoms with Gasteiger partial charge in [0.1, 0.15) is 18.9 Å². The Labute approximate surface area is 134 Å². The number of nitrogen functional groups attached to an aromatic ring is 1. The lowest BCUT2D eigenvalue weighted by Gasteiger charge is -2.25. The first-order valence-electron chi connectivity index (χ1n) is 6.53. The second-order valence-corrected chi connectivity index (χ2v) is 5.63. The van der Waals surface area contributed by atoms with E-state index >= 15 is 0 Å². The zero-order valence-electron chi connectivity index (χ0n) is 11.9. The summed E-state index contributed by atoms with van der Waals surface area (Å²) in [7, 11) is 0. The number of rotatable bonds is 2. The number of aliphatic hydroxyl groups is 2. The second kappa shape index (κ2) is 6.41. The summed E-state index contributed by atoms with van der Waals surface area (Å²) in [6.07, 6.45) is -4.78. The molecule has 2 heterocycles. The maximum absolute atomic E-state index is 13.6. The molecule has 0 radical (unpaired) electrons. The van der Waals surface area contributed by atoms with Gasteiger partial charge in [-0.3, -0.25) is 4.57 Å². The lowest BCUT2D eigenvalue weighted by atomic mass is 9.96. The number of halogens is 3. The smallest absolute Gasteiger partial charge is 0.351 e. The number of aromatic nitrogens is 2. The van der Waals surface area contributed by atoms with Gasteiger partial charge in [0.25, 0.3) is 0 Å². The maximum Gasteiger partial charge on any atom is 0.351 e. The largest absolute Gasteiger partial charge is 0.391 e. The van der Waals surface area contributed by atoms with Crippen LogP contribution in [0.15, 0.2) is 11.0 Å². The van der Waals surface area contributed by atoms with Crippen molar-refractivity contribution in [2.24, 2.45) is 0 Å². The summed E-state index contributed by atoms with van der Waals surface area (Å²) in [5.74, 6) is 2.67. The van der Waals surface area contributed by atoms with Crippen molar-refractivity contribution >= 4 is 17.4 Å². The molecule has 1 aliphatic rings. The van der Waals surface area contributed by atoms with E-state index in [1.54, 1.807) is 0 Å². The van der Waals surface area contributed by atoms with Gasteiger partial charge in [0, 0.05) is 0 Å². The molecule has 0 aliphatic carbocycles. The molecule has 0 bridgehead atoms. The molecule has 0 spiro atoms. The van der Waals surface area contributed by atoms with Crippen molar-refractivity contribution in [2.45, 2.75) is 36.3 Å². The van der Waals surface area contributed by atoms with Gasteiger partial charge in [-0.15, -0.1) is 0 Å². The molecule has 7 nitrogen and oxygen atoms in total. The van der Waals surface area contributed by atoms with Crippen molar-refractivity contribution in [3.05, 3.63) is 22.5 Å². The minimum Gasteiger partial charge on any atom is -0.391 e. The summed E-state index contributed by atoms with van der Waals surface area (Å²) in [5, 5.41) is 19.9. The molecule has 1 unspecified atom stereocenters. The Kier molecular flexibility index (Phi) is 4.91. The number of hydrogen-bond donors (Lipinski definition) is 3. The van der Waals surface area contributed by atoms with Crippen molar-refractivity contribution in [1.82, 2.24) is 9.55 Å². The lowest BCUT2D eigenvalue weighted by Crippen LogP contribution is -2.44. The summed E-state index contributed by atoms with van der Waals surface area (Å²) in [6, 6.07) is 0. The molecule has 1 saturated heterocycles. The lowest BCUT2D eigenvalue weighted by molar-refractivity contribution is -0.0774. The molecule has 23 heavy (non-hydrogen) atoms. The van der Waals surface area contributed by atoms with Crippen molar-refractivity contribution < 1.29 is 23.7 Å². The third-order valence-electron chi connectivity index (χ3n) is 3.40. The molecule has 10 heteroatoms. The van der Waals surface area contributed by atoms with Gasteiger partial charge in [-0.05, 0) is 6.92 Å². The van der Waals surface area contributed by atoms with Crippen LogP contribution in [0, 0.1) is 17.7 Å². The van der Waals surface area contributed by atoms with Gasteiger partial charge in [0.2, 0.25) is 0 Å². The highest BCUT2D eigenvalue weighted by molar-refractivity contribution is 6.27. The molecule has 1 aliphatic heterocycles. The predicted molar refractivity (Wildman–Crippen MR) is 76.8 cm³/mol. The van der Waals surface area contributed by atoms with Crippen LogP contribution in [0.4, 0.5) is 14.6 Å². The maximum atomic E-state index is 13.6. The third kappa shape index (κ3) is 3.03. The monoisotopic (exact) mass is 349 g/mol. The summed E-state index contributed by atoms with van der Waals surface area (Å²) >= 11 is 6.24. The average Bonchev–Trinajstić information content (AvgIpc) is 2.74. The highest BCUT2D eigenvalue weighted by Crippen LogP contribution is 2.43. The number of nitrogens with zero attached hydrogens (tertiary/aromatic N) is 2. The van der Waals surface area contributed by atoms with Crippen LogP contribution in [0.1, 0.15) is 13.2 Å². The zero-order chi connectivity index (χ0) is 17.4. The molecule has 0 aromatic carbocycles. The Morgan fingerprint density at radius 1 is 1.70 bits per heavy atom. The van der Waals surface area contributed by atoms with Crippen LogP contribution in [0.3, 0.4) is 0 Å². The molecule has 0 saturated carbocycles. The standard InChI is InChI=1S/C13H14ClF2N3O4/c1-6(20)8-9(21)13(14,3-2-4-15)11(23-8)19-5-7(16)10(17)18-12(19)22/h5-6,8-9,11,20-21H,4H2,1H3,(H2,17,18,22)/t6-,8-,9?,11-,13-/m1/s1. The van der Waals surface area contributed by atoms with Crippen LogP contribution in [0.5, 0.6) is 0 Å². The molecule has 4 N–H and O–H groups in total. The van der Waals surface area contributed by atoms with Crippen LogP contribution in [-0.4, -0.2) is 49.6 Å². The van der Waals surface area contributed by atoms with Crippen molar-refractivity contribution in [2.75, 3.05) is 12.4 Å². The summed E-state index contributed by atoms with van der Waals surface area (Å²) in [5.41, 5.74) is 4.20. The minimum absolute atomic E-state index is 0.619.